The highest BCUT2D eigenvalue weighted by molar-refractivity contribution is 7.89. The van der Waals surface area contributed by atoms with Crippen LogP contribution in [0.4, 0.5) is 5.82 Å². The zero-order chi connectivity index (χ0) is 19.4. The van der Waals surface area contributed by atoms with Gasteiger partial charge in [-0.3, -0.25) is 0 Å². The summed E-state index contributed by atoms with van der Waals surface area (Å²) in [6.45, 7) is 7.83. The van der Waals surface area contributed by atoms with Crippen LogP contribution in [-0.4, -0.2) is 44.6 Å². The van der Waals surface area contributed by atoms with E-state index in [1.54, 1.807) is 13.0 Å². The lowest BCUT2D eigenvalue weighted by atomic mass is 10.2. The summed E-state index contributed by atoms with van der Waals surface area (Å²) < 4.78 is 33.3. The van der Waals surface area contributed by atoms with E-state index >= 15 is 0 Å². The molecule has 2 heterocycles. The second kappa shape index (κ2) is 8.22. The van der Waals surface area contributed by atoms with Crippen molar-refractivity contribution in [1.29, 1.82) is 0 Å². The number of hydrogen-bond donors (Lipinski definition) is 1. The van der Waals surface area contributed by atoms with Crippen molar-refractivity contribution in [3.63, 3.8) is 0 Å². The van der Waals surface area contributed by atoms with Crippen LogP contribution in [0.15, 0.2) is 29.2 Å². The molecule has 7 nitrogen and oxygen atoms in total. The summed E-state index contributed by atoms with van der Waals surface area (Å²) in [7, 11) is -3.57. The quantitative estimate of drug-likeness (QED) is 0.731. The van der Waals surface area contributed by atoms with Gasteiger partial charge in [-0.25, -0.2) is 18.1 Å². The van der Waals surface area contributed by atoms with Gasteiger partial charge in [0, 0.05) is 25.7 Å². The van der Waals surface area contributed by atoms with E-state index in [0.29, 0.717) is 16.6 Å². The fraction of sp³-hybridized carbons (Fsp3) is 0.474. The molecule has 1 fully saturated rings. The van der Waals surface area contributed by atoms with Gasteiger partial charge in [-0.2, -0.15) is 4.98 Å². The van der Waals surface area contributed by atoms with Gasteiger partial charge in [0.05, 0.1) is 4.90 Å². The standard InChI is InChI=1S/C19H26N4O3S/c1-14-6-7-15(2)17(12-14)27(24,25)20-8-11-26-19-13-18(21-16(3)22-19)23-9-4-5-10-23/h6-7,12-13,20H,4-5,8-11H2,1-3H3. The molecule has 27 heavy (non-hydrogen) atoms. The van der Waals surface area contributed by atoms with Crippen molar-refractivity contribution in [3.05, 3.63) is 41.2 Å². The summed E-state index contributed by atoms with van der Waals surface area (Å²) in [5.41, 5.74) is 1.62. The normalized spacial score (nSPS) is 14.6. The van der Waals surface area contributed by atoms with Crippen LogP contribution in [-0.2, 0) is 10.0 Å². The first-order chi connectivity index (χ1) is 12.8. The van der Waals surface area contributed by atoms with Gasteiger partial charge in [0.2, 0.25) is 15.9 Å². The van der Waals surface area contributed by atoms with Crippen molar-refractivity contribution in [1.82, 2.24) is 14.7 Å². The Hall–Kier alpha value is -2.19. The van der Waals surface area contributed by atoms with Gasteiger partial charge >= 0.3 is 0 Å². The molecule has 0 amide bonds. The average Bonchev–Trinajstić information content (AvgIpc) is 3.15. The van der Waals surface area contributed by atoms with Gasteiger partial charge in [0.25, 0.3) is 0 Å². The number of aryl methyl sites for hydroxylation is 3. The van der Waals surface area contributed by atoms with Crippen LogP contribution in [0.1, 0.15) is 29.8 Å². The second-order valence-electron chi connectivity index (χ2n) is 6.82. The number of nitrogens with one attached hydrogen (secondary N) is 1. The molecule has 0 spiro atoms. The van der Waals surface area contributed by atoms with E-state index in [1.807, 2.05) is 32.0 Å². The number of rotatable bonds is 7. The summed E-state index contributed by atoms with van der Waals surface area (Å²) in [6, 6.07) is 7.20. The predicted molar refractivity (Wildman–Crippen MR) is 105 cm³/mol. The summed E-state index contributed by atoms with van der Waals surface area (Å²) >= 11 is 0. The fourth-order valence-corrected chi connectivity index (χ4v) is 4.45. The van der Waals surface area contributed by atoms with Crippen LogP contribution in [0, 0.1) is 20.8 Å². The van der Waals surface area contributed by atoms with Crippen LogP contribution >= 0.6 is 0 Å². The zero-order valence-corrected chi connectivity index (χ0v) is 16.8. The monoisotopic (exact) mass is 390 g/mol. The smallest absolute Gasteiger partial charge is 0.240 e. The Morgan fingerprint density at radius 3 is 2.59 bits per heavy atom. The van der Waals surface area contributed by atoms with Gasteiger partial charge in [0.1, 0.15) is 18.2 Å². The lowest BCUT2D eigenvalue weighted by Crippen LogP contribution is -2.29. The third-order valence-corrected chi connectivity index (χ3v) is 6.11. The summed E-state index contributed by atoms with van der Waals surface area (Å²) in [6.07, 6.45) is 2.33. The van der Waals surface area contributed by atoms with Crippen LogP contribution in [0.25, 0.3) is 0 Å². The van der Waals surface area contributed by atoms with Crippen molar-refractivity contribution in [2.75, 3.05) is 31.1 Å². The molecule has 0 saturated carbocycles. The first-order valence-electron chi connectivity index (χ1n) is 9.15. The van der Waals surface area contributed by atoms with Gasteiger partial charge in [0.15, 0.2) is 0 Å². The largest absolute Gasteiger partial charge is 0.476 e. The maximum Gasteiger partial charge on any atom is 0.240 e. The number of anilines is 1. The molecule has 0 radical (unpaired) electrons. The van der Waals surface area contributed by atoms with Crippen molar-refractivity contribution in [2.24, 2.45) is 0 Å². The zero-order valence-electron chi connectivity index (χ0n) is 16.0. The topological polar surface area (TPSA) is 84.4 Å². The molecule has 3 rings (SSSR count). The van der Waals surface area contributed by atoms with Crippen molar-refractivity contribution in [3.8, 4) is 5.88 Å². The van der Waals surface area contributed by atoms with E-state index in [-0.39, 0.29) is 13.2 Å². The number of sulfonamides is 1. The van der Waals surface area contributed by atoms with E-state index in [4.69, 9.17) is 4.74 Å². The number of benzene rings is 1. The molecule has 8 heteroatoms. The molecule has 1 N–H and O–H groups in total. The Morgan fingerprint density at radius 2 is 1.85 bits per heavy atom. The maximum absolute atomic E-state index is 12.5. The summed E-state index contributed by atoms with van der Waals surface area (Å²) in [4.78, 5) is 11.3. The molecule has 146 valence electrons. The van der Waals surface area contributed by atoms with Crippen molar-refractivity contribution in [2.45, 2.75) is 38.5 Å². The molecule has 0 atom stereocenters. The number of nitrogens with zero attached hydrogens (tertiary/aromatic N) is 3. The predicted octanol–water partition coefficient (Wildman–Crippen LogP) is 2.36. The number of aromatic nitrogens is 2. The Bertz CT molecular complexity index is 909. The van der Waals surface area contributed by atoms with Gasteiger partial charge in [-0.15, -0.1) is 0 Å². The lowest BCUT2D eigenvalue weighted by molar-refractivity contribution is 0.309. The third kappa shape index (κ3) is 4.95. The van der Waals surface area contributed by atoms with E-state index < -0.39 is 10.0 Å². The van der Waals surface area contributed by atoms with Crippen LogP contribution in [0.3, 0.4) is 0 Å². The van der Waals surface area contributed by atoms with Gasteiger partial charge < -0.3 is 9.64 Å². The Balaban J connectivity index is 1.59. The van der Waals surface area contributed by atoms with E-state index in [0.717, 1.165) is 30.0 Å². The van der Waals surface area contributed by atoms with E-state index in [1.165, 1.54) is 12.8 Å². The molecule has 1 aromatic carbocycles. The molecule has 0 aliphatic carbocycles. The van der Waals surface area contributed by atoms with Crippen LogP contribution in [0.5, 0.6) is 5.88 Å². The minimum atomic E-state index is -3.57. The molecular weight excluding hydrogens is 364 g/mol. The Labute approximate surface area is 160 Å². The highest BCUT2D eigenvalue weighted by Gasteiger charge is 2.17. The van der Waals surface area contributed by atoms with Crippen molar-refractivity contribution >= 4 is 15.8 Å². The third-order valence-electron chi connectivity index (χ3n) is 4.51. The molecule has 1 aliphatic heterocycles. The number of ether oxygens (including phenoxy) is 1. The summed E-state index contributed by atoms with van der Waals surface area (Å²) in [5.74, 6) is 1.98. The molecule has 1 aromatic heterocycles. The van der Waals surface area contributed by atoms with E-state index in [2.05, 4.69) is 19.6 Å². The first kappa shape index (κ1) is 19.6. The molecule has 1 saturated heterocycles. The Kier molecular flexibility index (Phi) is 5.96. The van der Waals surface area contributed by atoms with Gasteiger partial charge in [-0.1, -0.05) is 12.1 Å². The minimum absolute atomic E-state index is 0.164. The van der Waals surface area contributed by atoms with Crippen LogP contribution in [0.2, 0.25) is 0 Å². The van der Waals surface area contributed by atoms with Crippen LogP contribution < -0.4 is 14.4 Å². The highest BCUT2D eigenvalue weighted by Crippen LogP contribution is 2.21. The molecule has 0 unspecified atom stereocenters. The first-order valence-corrected chi connectivity index (χ1v) is 10.6. The molecular formula is C19H26N4O3S. The van der Waals surface area contributed by atoms with Crippen molar-refractivity contribution < 1.29 is 13.2 Å². The second-order valence-corrected chi connectivity index (χ2v) is 8.56. The lowest BCUT2D eigenvalue weighted by Gasteiger charge is -2.17. The fourth-order valence-electron chi connectivity index (χ4n) is 3.11. The minimum Gasteiger partial charge on any atom is -0.476 e. The van der Waals surface area contributed by atoms with Gasteiger partial charge in [-0.05, 0) is 50.8 Å². The van der Waals surface area contributed by atoms with E-state index in [9.17, 15) is 8.42 Å². The highest BCUT2D eigenvalue weighted by atomic mass is 32.2. The summed E-state index contributed by atoms with van der Waals surface area (Å²) in [5, 5.41) is 0. The SMILES string of the molecule is Cc1ccc(C)c(S(=O)(=O)NCCOc2cc(N3CCCC3)nc(C)n2)c1. The number of hydrogen-bond acceptors (Lipinski definition) is 6. The Morgan fingerprint density at radius 1 is 1.11 bits per heavy atom. The molecule has 1 aliphatic rings. The molecule has 0 bridgehead atoms. The average molecular weight is 391 g/mol. The molecule has 2 aromatic rings. The maximum atomic E-state index is 12.5.